The molecule has 1 aromatic carbocycles. The predicted molar refractivity (Wildman–Crippen MR) is 74.3 cm³/mol. The van der Waals surface area contributed by atoms with Crippen LogP contribution in [0.5, 0.6) is 0 Å². The van der Waals surface area contributed by atoms with Crippen LogP contribution in [0.1, 0.15) is 24.2 Å². The van der Waals surface area contributed by atoms with Crippen molar-refractivity contribution in [2.24, 2.45) is 0 Å². The number of benzene rings is 1. The fourth-order valence-corrected chi connectivity index (χ4v) is 2.20. The highest BCUT2D eigenvalue weighted by molar-refractivity contribution is 8.01. The van der Waals surface area contributed by atoms with Gasteiger partial charge in [-0.05, 0) is 38.1 Å². The molecule has 1 rings (SSSR count). The van der Waals surface area contributed by atoms with Gasteiger partial charge in [0.15, 0.2) is 5.78 Å². The maximum absolute atomic E-state index is 12.0. The van der Waals surface area contributed by atoms with Gasteiger partial charge in [0.25, 0.3) is 0 Å². The van der Waals surface area contributed by atoms with Crippen LogP contribution in [0.25, 0.3) is 0 Å². The molecular weight excluding hydrogens is 272 g/mol. The van der Waals surface area contributed by atoms with Crippen LogP contribution in [-0.4, -0.2) is 29.4 Å². The molecule has 0 heterocycles. The van der Waals surface area contributed by atoms with Gasteiger partial charge in [0, 0.05) is 10.6 Å². The summed E-state index contributed by atoms with van der Waals surface area (Å²) in [4.78, 5) is 23.2. The zero-order valence-corrected chi connectivity index (χ0v) is 11.9. The average molecular weight is 287 g/mol. The first-order chi connectivity index (χ1) is 8.54. The van der Waals surface area contributed by atoms with Crippen molar-refractivity contribution in [3.63, 3.8) is 0 Å². The molecule has 0 amide bonds. The Morgan fingerprint density at radius 2 is 1.94 bits per heavy atom. The van der Waals surface area contributed by atoms with E-state index in [0.717, 1.165) is 0 Å². The van der Waals surface area contributed by atoms with Crippen LogP contribution in [0.3, 0.4) is 0 Å². The Bertz CT molecular complexity index is 417. The van der Waals surface area contributed by atoms with E-state index < -0.39 is 0 Å². The molecule has 98 valence electrons. The van der Waals surface area contributed by atoms with Crippen LogP contribution in [-0.2, 0) is 9.53 Å². The van der Waals surface area contributed by atoms with Crippen LogP contribution in [0.4, 0.5) is 0 Å². The molecule has 0 saturated heterocycles. The molecule has 3 nitrogen and oxygen atoms in total. The maximum atomic E-state index is 12.0. The zero-order chi connectivity index (χ0) is 13.5. The second-order valence-corrected chi connectivity index (χ2v) is 5.39. The minimum absolute atomic E-state index is 0.0130. The fourth-order valence-electron chi connectivity index (χ4n) is 1.32. The van der Waals surface area contributed by atoms with Gasteiger partial charge in [0.2, 0.25) is 0 Å². The first-order valence-corrected chi connectivity index (χ1v) is 7.04. The van der Waals surface area contributed by atoms with Gasteiger partial charge in [-0.25, -0.2) is 0 Å². The van der Waals surface area contributed by atoms with Gasteiger partial charge in [0.1, 0.15) is 0 Å². The topological polar surface area (TPSA) is 43.4 Å². The molecule has 1 aromatic rings. The lowest BCUT2D eigenvalue weighted by Gasteiger charge is -2.09. The van der Waals surface area contributed by atoms with Crippen LogP contribution < -0.4 is 0 Å². The molecule has 0 aliphatic rings. The van der Waals surface area contributed by atoms with Crippen molar-refractivity contribution >= 4 is 35.1 Å². The van der Waals surface area contributed by atoms with Crippen molar-refractivity contribution < 1.29 is 14.3 Å². The average Bonchev–Trinajstić information content (AvgIpc) is 2.36. The Hall–Kier alpha value is -1.00. The number of rotatable bonds is 6. The number of halogens is 1. The largest absolute Gasteiger partial charge is 0.465 e. The van der Waals surface area contributed by atoms with Crippen LogP contribution in [0, 0.1) is 0 Å². The van der Waals surface area contributed by atoms with Crippen molar-refractivity contribution in [2.45, 2.75) is 19.1 Å². The number of Topliss-reactive ketones (excluding diaryl/α,β-unsaturated/α-hetero) is 1. The molecule has 0 aliphatic carbocycles. The van der Waals surface area contributed by atoms with E-state index in [1.54, 1.807) is 38.1 Å². The maximum Gasteiger partial charge on any atom is 0.315 e. The molecule has 5 heteroatoms. The Kier molecular flexibility index (Phi) is 6.22. The number of hydrogen-bond acceptors (Lipinski definition) is 4. The van der Waals surface area contributed by atoms with Crippen molar-refractivity contribution in [3.05, 3.63) is 34.9 Å². The second-order valence-electron chi connectivity index (χ2n) is 3.63. The third kappa shape index (κ3) is 4.70. The van der Waals surface area contributed by atoms with E-state index in [1.165, 1.54) is 11.8 Å². The molecule has 0 aliphatic heterocycles. The molecular formula is C13H15ClO3S. The molecule has 18 heavy (non-hydrogen) atoms. The molecule has 0 radical (unpaired) electrons. The Morgan fingerprint density at radius 1 is 1.33 bits per heavy atom. The summed E-state index contributed by atoms with van der Waals surface area (Å²) < 4.78 is 4.80. The molecule has 0 saturated carbocycles. The summed E-state index contributed by atoms with van der Waals surface area (Å²) in [6.07, 6.45) is 0. The van der Waals surface area contributed by atoms with Crippen LogP contribution >= 0.6 is 23.4 Å². The van der Waals surface area contributed by atoms with Gasteiger partial charge >= 0.3 is 5.97 Å². The van der Waals surface area contributed by atoms with Gasteiger partial charge in [-0.3, -0.25) is 9.59 Å². The van der Waals surface area contributed by atoms with E-state index in [2.05, 4.69) is 0 Å². The lowest BCUT2D eigenvalue weighted by Crippen LogP contribution is -2.17. The molecule has 0 unspecified atom stereocenters. The summed E-state index contributed by atoms with van der Waals surface area (Å²) in [5.41, 5.74) is 0.600. The summed E-state index contributed by atoms with van der Waals surface area (Å²) in [5.74, 6) is -0.117. The summed E-state index contributed by atoms with van der Waals surface area (Å²) in [7, 11) is 0. The van der Waals surface area contributed by atoms with Gasteiger partial charge in [-0.15, -0.1) is 11.8 Å². The molecule has 0 spiro atoms. The number of ether oxygens (including phenoxy) is 1. The van der Waals surface area contributed by atoms with E-state index in [9.17, 15) is 9.59 Å². The number of carbonyl (C=O) groups excluding carboxylic acids is 2. The summed E-state index contributed by atoms with van der Waals surface area (Å²) in [6.45, 7) is 3.89. The Balaban J connectivity index is 2.51. The highest BCUT2D eigenvalue weighted by Crippen LogP contribution is 2.18. The van der Waals surface area contributed by atoms with Crippen molar-refractivity contribution in [2.75, 3.05) is 12.4 Å². The van der Waals surface area contributed by atoms with Crippen LogP contribution in [0.15, 0.2) is 24.3 Å². The predicted octanol–water partition coefficient (Wildman–Crippen LogP) is 3.21. The number of carbonyl (C=O) groups is 2. The zero-order valence-electron chi connectivity index (χ0n) is 10.3. The van der Waals surface area contributed by atoms with Crippen molar-refractivity contribution in [1.82, 2.24) is 0 Å². The quantitative estimate of drug-likeness (QED) is 0.595. The third-order valence-corrected chi connectivity index (χ3v) is 3.62. The molecule has 0 fully saturated rings. The van der Waals surface area contributed by atoms with Gasteiger partial charge in [-0.1, -0.05) is 11.6 Å². The van der Waals surface area contributed by atoms with Gasteiger partial charge < -0.3 is 4.74 Å². The number of ketones is 1. The first kappa shape index (κ1) is 15.1. The van der Waals surface area contributed by atoms with Crippen molar-refractivity contribution in [3.8, 4) is 0 Å². The highest BCUT2D eigenvalue weighted by Gasteiger charge is 2.17. The van der Waals surface area contributed by atoms with Crippen LogP contribution in [0.2, 0.25) is 5.02 Å². The first-order valence-electron chi connectivity index (χ1n) is 5.61. The Labute approximate surface area is 116 Å². The smallest absolute Gasteiger partial charge is 0.315 e. The molecule has 0 N–H and O–H groups in total. The Morgan fingerprint density at radius 3 is 2.50 bits per heavy atom. The minimum atomic E-state index is -0.293. The van der Waals surface area contributed by atoms with E-state index in [0.29, 0.717) is 17.2 Å². The molecule has 1 atom stereocenters. The van der Waals surface area contributed by atoms with E-state index in [4.69, 9.17) is 16.3 Å². The second kappa shape index (κ2) is 7.44. The van der Waals surface area contributed by atoms with Crippen molar-refractivity contribution in [1.29, 1.82) is 0 Å². The third-order valence-electron chi connectivity index (χ3n) is 2.25. The van der Waals surface area contributed by atoms with E-state index in [1.807, 2.05) is 0 Å². The number of thioether (sulfide) groups is 1. The number of esters is 1. The normalized spacial score (nSPS) is 11.9. The van der Waals surface area contributed by atoms with Gasteiger partial charge in [-0.2, -0.15) is 0 Å². The number of hydrogen-bond donors (Lipinski definition) is 0. The molecule has 0 bridgehead atoms. The van der Waals surface area contributed by atoms with E-state index >= 15 is 0 Å². The standard InChI is InChI=1S/C13H15ClO3S/c1-3-17-12(15)8-18-9(2)13(16)10-4-6-11(14)7-5-10/h4-7,9H,3,8H2,1-2H3/t9-/m0/s1. The highest BCUT2D eigenvalue weighted by atomic mass is 35.5. The minimum Gasteiger partial charge on any atom is -0.465 e. The fraction of sp³-hybridized carbons (Fsp3) is 0.385. The monoisotopic (exact) mass is 286 g/mol. The lowest BCUT2D eigenvalue weighted by molar-refractivity contribution is -0.139. The summed E-state index contributed by atoms with van der Waals surface area (Å²) >= 11 is 7.03. The van der Waals surface area contributed by atoms with E-state index in [-0.39, 0.29) is 22.8 Å². The van der Waals surface area contributed by atoms with Gasteiger partial charge in [0.05, 0.1) is 17.6 Å². The lowest BCUT2D eigenvalue weighted by atomic mass is 10.1. The SMILES string of the molecule is CCOC(=O)CS[C@@H](C)C(=O)c1ccc(Cl)cc1. The summed E-state index contributed by atoms with van der Waals surface area (Å²) in [6, 6.07) is 6.73. The molecule has 0 aromatic heterocycles. The summed E-state index contributed by atoms with van der Waals surface area (Å²) in [5, 5.41) is 0.314.